The number of anilines is 3. The van der Waals surface area contributed by atoms with Crippen molar-refractivity contribution in [3.8, 4) is 0 Å². The third kappa shape index (κ3) is 3.69. The number of carbonyl (C=O) groups is 2. The standard InChI is InChI=1S/C28H27ClN4O2S/c1-20-26(34)33(23-11-7-8-21(29)18-23)28(36-20)24-12-5-6-13-25(24)32(27(28)35)19-30-14-16-31(17-15-30)22-9-3-2-4-10-22/h2-13,18,20H,14-17,19H2,1H3. The summed E-state index contributed by atoms with van der Waals surface area (Å²) in [5.41, 5.74) is 3.60. The van der Waals surface area contributed by atoms with Crippen LogP contribution in [0.2, 0.25) is 5.02 Å². The molecule has 2 fully saturated rings. The van der Waals surface area contributed by atoms with E-state index in [1.165, 1.54) is 17.4 Å². The van der Waals surface area contributed by atoms with Gasteiger partial charge in [0.1, 0.15) is 0 Å². The zero-order valence-electron chi connectivity index (χ0n) is 20.0. The number of nitrogens with zero attached hydrogens (tertiary/aromatic N) is 4. The van der Waals surface area contributed by atoms with Crippen molar-refractivity contribution in [2.75, 3.05) is 47.5 Å². The maximum absolute atomic E-state index is 14.3. The number of amides is 2. The zero-order valence-corrected chi connectivity index (χ0v) is 21.6. The van der Waals surface area contributed by atoms with Gasteiger partial charge >= 0.3 is 0 Å². The third-order valence-corrected chi connectivity index (χ3v) is 8.94. The summed E-state index contributed by atoms with van der Waals surface area (Å²) in [6, 6.07) is 25.5. The first-order chi connectivity index (χ1) is 17.5. The predicted molar refractivity (Wildman–Crippen MR) is 147 cm³/mol. The van der Waals surface area contributed by atoms with E-state index >= 15 is 0 Å². The zero-order chi connectivity index (χ0) is 24.9. The molecular weight excluding hydrogens is 492 g/mol. The minimum atomic E-state index is -1.14. The molecule has 3 aliphatic heterocycles. The lowest BCUT2D eigenvalue weighted by Crippen LogP contribution is -2.54. The Bertz CT molecular complexity index is 1310. The Labute approximate surface area is 220 Å². The van der Waals surface area contributed by atoms with Crippen LogP contribution in [0.25, 0.3) is 0 Å². The molecule has 0 N–H and O–H groups in total. The van der Waals surface area contributed by atoms with Crippen LogP contribution < -0.4 is 14.7 Å². The van der Waals surface area contributed by atoms with Crippen molar-refractivity contribution in [2.45, 2.75) is 17.0 Å². The van der Waals surface area contributed by atoms with Crippen LogP contribution in [0.15, 0.2) is 78.9 Å². The third-order valence-electron chi connectivity index (χ3n) is 7.23. The number of para-hydroxylation sites is 2. The molecule has 36 heavy (non-hydrogen) atoms. The van der Waals surface area contributed by atoms with E-state index in [1.54, 1.807) is 17.0 Å². The van der Waals surface area contributed by atoms with Gasteiger partial charge in [-0.15, -0.1) is 11.8 Å². The van der Waals surface area contributed by atoms with Crippen LogP contribution in [0.5, 0.6) is 0 Å². The molecule has 6 nitrogen and oxygen atoms in total. The van der Waals surface area contributed by atoms with E-state index in [9.17, 15) is 9.59 Å². The molecule has 1 spiro atoms. The maximum Gasteiger partial charge on any atom is 0.269 e. The van der Waals surface area contributed by atoms with Crippen LogP contribution in [0.3, 0.4) is 0 Å². The molecule has 2 unspecified atom stereocenters. The second kappa shape index (κ2) is 9.14. The number of benzene rings is 3. The number of hydrogen-bond acceptors (Lipinski definition) is 5. The molecular formula is C28H27ClN4O2S. The van der Waals surface area contributed by atoms with Crippen LogP contribution in [0, 0.1) is 0 Å². The summed E-state index contributed by atoms with van der Waals surface area (Å²) in [7, 11) is 0. The summed E-state index contributed by atoms with van der Waals surface area (Å²) in [6.45, 7) is 5.88. The van der Waals surface area contributed by atoms with Crippen molar-refractivity contribution in [3.63, 3.8) is 0 Å². The highest BCUT2D eigenvalue weighted by molar-refractivity contribution is 8.03. The second-order valence-electron chi connectivity index (χ2n) is 9.39. The quantitative estimate of drug-likeness (QED) is 0.497. The molecule has 3 aromatic carbocycles. The normalized spacial score (nSPS) is 24.2. The summed E-state index contributed by atoms with van der Waals surface area (Å²) in [4.78, 5) is 34.9. The molecule has 6 rings (SSSR count). The van der Waals surface area contributed by atoms with Gasteiger partial charge in [-0.25, -0.2) is 0 Å². The minimum Gasteiger partial charge on any atom is -0.369 e. The van der Waals surface area contributed by atoms with Crippen molar-refractivity contribution in [1.29, 1.82) is 0 Å². The number of hydrogen-bond donors (Lipinski definition) is 0. The summed E-state index contributed by atoms with van der Waals surface area (Å²) in [5.74, 6) is -0.152. The first kappa shape index (κ1) is 23.4. The molecule has 2 atom stereocenters. The van der Waals surface area contributed by atoms with Crippen molar-refractivity contribution < 1.29 is 9.59 Å². The largest absolute Gasteiger partial charge is 0.369 e. The van der Waals surface area contributed by atoms with E-state index in [-0.39, 0.29) is 17.1 Å². The van der Waals surface area contributed by atoms with Gasteiger partial charge in [-0.3, -0.25) is 24.3 Å². The average molecular weight is 519 g/mol. The van der Waals surface area contributed by atoms with Gasteiger partial charge < -0.3 is 4.90 Å². The molecule has 8 heteroatoms. The van der Waals surface area contributed by atoms with Crippen LogP contribution in [-0.4, -0.2) is 54.8 Å². The van der Waals surface area contributed by atoms with Crippen LogP contribution >= 0.6 is 23.4 Å². The number of piperazine rings is 1. The van der Waals surface area contributed by atoms with Gasteiger partial charge in [-0.1, -0.05) is 54.1 Å². The highest BCUT2D eigenvalue weighted by atomic mass is 35.5. The van der Waals surface area contributed by atoms with Gasteiger partial charge in [0, 0.05) is 48.1 Å². The molecule has 184 valence electrons. The number of fused-ring (bicyclic) bond motifs is 2. The van der Waals surface area contributed by atoms with Gasteiger partial charge in [-0.05, 0) is 43.3 Å². The molecule has 0 radical (unpaired) electrons. The van der Waals surface area contributed by atoms with E-state index in [0.29, 0.717) is 17.4 Å². The Balaban J connectivity index is 1.31. The van der Waals surface area contributed by atoms with Crippen molar-refractivity contribution in [2.24, 2.45) is 0 Å². The maximum atomic E-state index is 14.3. The molecule has 0 saturated carbocycles. The number of thioether (sulfide) groups is 1. The molecule has 3 heterocycles. The van der Waals surface area contributed by atoms with E-state index in [1.807, 2.05) is 54.3 Å². The van der Waals surface area contributed by atoms with Crippen molar-refractivity contribution in [1.82, 2.24) is 4.90 Å². The number of carbonyl (C=O) groups excluding carboxylic acids is 2. The average Bonchev–Trinajstić information content (AvgIpc) is 3.30. The van der Waals surface area contributed by atoms with Gasteiger partial charge in [0.2, 0.25) is 10.8 Å². The monoisotopic (exact) mass is 518 g/mol. The second-order valence-corrected chi connectivity index (χ2v) is 11.4. The molecule has 0 aliphatic carbocycles. The van der Waals surface area contributed by atoms with Crippen LogP contribution in [0.1, 0.15) is 12.5 Å². The number of halogens is 1. The molecule has 3 aromatic rings. The Morgan fingerprint density at radius 2 is 1.58 bits per heavy atom. The fourth-order valence-electron chi connectivity index (χ4n) is 5.48. The molecule has 2 saturated heterocycles. The lowest BCUT2D eigenvalue weighted by Gasteiger charge is -2.38. The summed E-state index contributed by atoms with van der Waals surface area (Å²) < 4.78 is 0. The SMILES string of the molecule is CC1SC2(C(=O)N(CN3CCN(c4ccccc4)CC3)c3ccccc32)N(c2cccc(Cl)c2)C1=O. The van der Waals surface area contributed by atoms with E-state index in [0.717, 1.165) is 37.4 Å². The highest BCUT2D eigenvalue weighted by Gasteiger charge is 2.63. The van der Waals surface area contributed by atoms with E-state index < -0.39 is 4.87 Å². The molecule has 0 aromatic heterocycles. The molecule has 2 amide bonds. The van der Waals surface area contributed by atoms with E-state index in [2.05, 4.69) is 34.1 Å². The van der Waals surface area contributed by atoms with Crippen molar-refractivity contribution in [3.05, 3.63) is 89.4 Å². The summed E-state index contributed by atoms with van der Waals surface area (Å²) >= 11 is 7.72. The topological polar surface area (TPSA) is 47.1 Å². The fraction of sp³-hybridized carbons (Fsp3) is 0.286. The summed E-state index contributed by atoms with van der Waals surface area (Å²) in [6.07, 6.45) is 0. The summed E-state index contributed by atoms with van der Waals surface area (Å²) in [5, 5.41) is 0.183. The number of rotatable bonds is 4. The first-order valence-electron chi connectivity index (χ1n) is 12.2. The Morgan fingerprint density at radius 3 is 2.33 bits per heavy atom. The van der Waals surface area contributed by atoms with Gasteiger partial charge in [0.05, 0.1) is 17.6 Å². The van der Waals surface area contributed by atoms with Gasteiger partial charge in [0.25, 0.3) is 5.91 Å². The van der Waals surface area contributed by atoms with Crippen LogP contribution in [0.4, 0.5) is 17.1 Å². The van der Waals surface area contributed by atoms with Crippen molar-refractivity contribution >= 4 is 52.2 Å². The van der Waals surface area contributed by atoms with Gasteiger partial charge in [0.15, 0.2) is 0 Å². The Hall–Kier alpha value is -3.00. The molecule has 3 aliphatic rings. The molecule has 0 bridgehead atoms. The highest BCUT2D eigenvalue weighted by Crippen LogP contribution is 2.57. The van der Waals surface area contributed by atoms with Crippen LogP contribution in [-0.2, 0) is 14.5 Å². The fourth-order valence-corrected chi connectivity index (χ4v) is 7.19. The first-order valence-corrected chi connectivity index (χ1v) is 13.5. The smallest absolute Gasteiger partial charge is 0.269 e. The Morgan fingerprint density at radius 1 is 0.889 bits per heavy atom. The Kier molecular flexibility index (Phi) is 5.94. The van der Waals surface area contributed by atoms with Gasteiger partial charge in [-0.2, -0.15) is 0 Å². The predicted octanol–water partition coefficient (Wildman–Crippen LogP) is 4.79. The lowest BCUT2D eigenvalue weighted by atomic mass is 10.0. The lowest BCUT2D eigenvalue weighted by molar-refractivity contribution is -0.124. The van der Waals surface area contributed by atoms with E-state index in [4.69, 9.17) is 11.6 Å². The minimum absolute atomic E-state index is 0.0723.